The van der Waals surface area contributed by atoms with Crippen molar-refractivity contribution in [2.75, 3.05) is 0 Å². The van der Waals surface area contributed by atoms with E-state index >= 15 is 0 Å². The van der Waals surface area contributed by atoms with Gasteiger partial charge in [-0.1, -0.05) is 13.3 Å². The molecule has 100 valence electrons. The standard InChI is InChI=1S/C13H24O4/c1-4-11-5-7-13(8-6-11,12(15)16)17-10(3)9(2)14/h9-11,14H,4-8H2,1-3H3,(H,15,16). The Balaban J connectivity index is 2.68. The lowest BCUT2D eigenvalue weighted by molar-refractivity contribution is -0.188. The summed E-state index contributed by atoms with van der Waals surface area (Å²) in [4.78, 5) is 11.4. The second kappa shape index (κ2) is 5.83. The highest BCUT2D eigenvalue weighted by atomic mass is 16.5. The molecule has 1 fully saturated rings. The first kappa shape index (κ1) is 14.5. The summed E-state index contributed by atoms with van der Waals surface area (Å²) in [5.41, 5.74) is -1.08. The summed E-state index contributed by atoms with van der Waals surface area (Å²) in [6.45, 7) is 5.48. The molecule has 4 nitrogen and oxygen atoms in total. The average Bonchev–Trinajstić information content (AvgIpc) is 2.29. The minimum Gasteiger partial charge on any atom is -0.479 e. The van der Waals surface area contributed by atoms with Gasteiger partial charge in [0.25, 0.3) is 0 Å². The van der Waals surface area contributed by atoms with Crippen molar-refractivity contribution in [1.82, 2.24) is 0 Å². The molecule has 0 bridgehead atoms. The zero-order valence-electron chi connectivity index (χ0n) is 11.0. The van der Waals surface area contributed by atoms with Crippen LogP contribution in [0, 0.1) is 5.92 Å². The summed E-state index contributed by atoms with van der Waals surface area (Å²) >= 11 is 0. The molecule has 0 radical (unpaired) electrons. The number of hydrogen-bond donors (Lipinski definition) is 2. The van der Waals surface area contributed by atoms with Crippen LogP contribution in [0.5, 0.6) is 0 Å². The van der Waals surface area contributed by atoms with Crippen LogP contribution in [0.2, 0.25) is 0 Å². The third-order valence-electron chi connectivity index (χ3n) is 3.97. The lowest BCUT2D eigenvalue weighted by atomic mass is 9.77. The van der Waals surface area contributed by atoms with Gasteiger partial charge in [0.2, 0.25) is 0 Å². The number of carboxylic acid groups (broad SMARTS) is 1. The Hall–Kier alpha value is -0.610. The topological polar surface area (TPSA) is 66.8 Å². The fraction of sp³-hybridized carbons (Fsp3) is 0.923. The van der Waals surface area contributed by atoms with Gasteiger partial charge >= 0.3 is 5.97 Å². The van der Waals surface area contributed by atoms with Crippen LogP contribution in [0.15, 0.2) is 0 Å². The molecule has 0 aromatic heterocycles. The smallest absolute Gasteiger partial charge is 0.335 e. The van der Waals surface area contributed by atoms with E-state index in [1.807, 2.05) is 0 Å². The molecular weight excluding hydrogens is 220 g/mol. The Morgan fingerprint density at radius 3 is 2.29 bits per heavy atom. The minimum atomic E-state index is -1.08. The van der Waals surface area contributed by atoms with Gasteiger partial charge in [-0.15, -0.1) is 0 Å². The highest BCUT2D eigenvalue weighted by molar-refractivity contribution is 5.77. The number of ether oxygens (including phenoxy) is 1. The van der Waals surface area contributed by atoms with Crippen molar-refractivity contribution in [2.24, 2.45) is 5.92 Å². The maximum Gasteiger partial charge on any atom is 0.335 e. The van der Waals surface area contributed by atoms with Crippen molar-refractivity contribution < 1.29 is 19.7 Å². The predicted molar refractivity (Wildman–Crippen MR) is 64.8 cm³/mol. The molecule has 2 unspecified atom stereocenters. The third kappa shape index (κ3) is 3.42. The SMILES string of the molecule is CCC1CCC(OC(C)C(C)O)(C(=O)O)CC1. The highest BCUT2D eigenvalue weighted by Crippen LogP contribution is 2.37. The predicted octanol–water partition coefficient (Wildman–Crippen LogP) is 2.20. The summed E-state index contributed by atoms with van der Waals surface area (Å²) in [6.07, 6.45) is 2.92. The van der Waals surface area contributed by atoms with E-state index in [0.29, 0.717) is 18.8 Å². The van der Waals surface area contributed by atoms with Gasteiger partial charge in [-0.05, 0) is 45.4 Å². The van der Waals surface area contributed by atoms with Crippen LogP contribution in [0.3, 0.4) is 0 Å². The molecule has 0 aromatic carbocycles. The van der Waals surface area contributed by atoms with Gasteiger partial charge in [-0.25, -0.2) is 4.79 Å². The van der Waals surface area contributed by atoms with Crippen LogP contribution in [0.25, 0.3) is 0 Å². The van der Waals surface area contributed by atoms with E-state index in [1.165, 1.54) is 0 Å². The number of hydrogen-bond acceptors (Lipinski definition) is 3. The fourth-order valence-electron chi connectivity index (χ4n) is 2.39. The van der Waals surface area contributed by atoms with E-state index in [9.17, 15) is 15.0 Å². The Kier molecular flexibility index (Phi) is 4.95. The number of carbonyl (C=O) groups is 1. The lowest BCUT2D eigenvalue weighted by Crippen LogP contribution is -2.48. The molecule has 1 aliphatic carbocycles. The number of aliphatic hydroxyl groups is 1. The monoisotopic (exact) mass is 244 g/mol. The first-order valence-electron chi connectivity index (χ1n) is 6.50. The van der Waals surface area contributed by atoms with Crippen LogP contribution < -0.4 is 0 Å². The molecule has 17 heavy (non-hydrogen) atoms. The van der Waals surface area contributed by atoms with Crippen molar-refractivity contribution in [3.8, 4) is 0 Å². The molecule has 0 aromatic rings. The summed E-state index contributed by atoms with van der Waals surface area (Å²) in [6, 6.07) is 0. The van der Waals surface area contributed by atoms with E-state index in [2.05, 4.69) is 6.92 Å². The van der Waals surface area contributed by atoms with Gasteiger partial charge in [0, 0.05) is 0 Å². The second-order valence-corrected chi connectivity index (χ2v) is 5.21. The number of carboxylic acids is 1. The van der Waals surface area contributed by atoms with E-state index in [4.69, 9.17) is 4.74 Å². The molecule has 1 aliphatic rings. The van der Waals surface area contributed by atoms with Gasteiger partial charge < -0.3 is 14.9 Å². The average molecular weight is 244 g/mol. The molecule has 1 rings (SSSR count). The molecule has 0 spiro atoms. The van der Waals surface area contributed by atoms with Crippen molar-refractivity contribution in [2.45, 2.75) is 70.7 Å². The van der Waals surface area contributed by atoms with Gasteiger partial charge in [-0.2, -0.15) is 0 Å². The van der Waals surface area contributed by atoms with Gasteiger partial charge in [0.1, 0.15) is 0 Å². The number of aliphatic carboxylic acids is 1. The van der Waals surface area contributed by atoms with Gasteiger partial charge in [-0.3, -0.25) is 0 Å². The largest absolute Gasteiger partial charge is 0.479 e. The number of aliphatic hydroxyl groups excluding tert-OH is 1. The van der Waals surface area contributed by atoms with Crippen molar-refractivity contribution in [3.63, 3.8) is 0 Å². The van der Waals surface area contributed by atoms with Crippen LogP contribution in [0.1, 0.15) is 52.9 Å². The molecule has 4 heteroatoms. The van der Waals surface area contributed by atoms with E-state index in [1.54, 1.807) is 13.8 Å². The molecule has 0 heterocycles. The third-order valence-corrected chi connectivity index (χ3v) is 3.97. The number of rotatable bonds is 5. The normalized spacial score (nSPS) is 33.1. The molecule has 0 saturated heterocycles. The highest BCUT2D eigenvalue weighted by Gasteiger charge is 2.44. The molecule has 1 saturated carbocycles. The molecular formula is C13H24O4. The van der Waals surface area contributed by atoms with E-state index in [0.717, 1.165) is 19.3 Å². The van der Waals surface area contributed by atoms with E-state index in [-0.39, 0.29) is 0 Å². The first-order valence-corrected chi connectivity index (χ1v) is 6.50. The second-order valence-electron chi connectivity index (χ2n) is 5.21. The Labute approximate surface area is 103 Å². The van der Waals surface area contributed by atoms with E-state index < -0.39 is 23.8 Å². The summed E-state index contributed by atoms with van der Waals surface area (Å²) in [5.74, 6) is -0.271. The molecule has 2 N–H and O–H groups in total. The molecule has 0 amide bonds. The summed E-state index contributed by atoms with van der Waals surface area (Å²) < 4.78 is 5.65. The molecule has 2 atom stereocenters. The summed E-state index contributed by atoms with van der Waals surface area (Å²) in [5, 5.41) is 18.8. The van der Waals surface area contributed by atoms with Gasteiger partial charge in [0.05, 0.1) is 12.2 Å². The quantitative estimate of drug-likeness (QED) is 0.778. The Morgan fingerprint density at radius 2 is 1.94 bits per heavy atom. The van der Waals surface area contributed by atoms with Crippen LogP contribution in [0.4, 0.5) is 0 Å². The first-order chi connectivity index (χ1) is 7.91. The Morgan fingerprint density at radius 1 is 1.41 bits per heavy atom. The fourth-order valence-corrected chi connectivity index (χ4v) is 2.39. The Bertz CT molecular complexity index is 254. The zero-order chi connectivity index (χ0) is 13.1. The molecule has 0 aliphatic heterocycles. The van der Waals surface area contributed by atoms with Crippen molar-refractivity contribution >= 4 is 5.97 Å². The van der Waals surface area contributed by atoms with Crippen molar-refractivity contribution in [3.05, 3.63) is 0 Å². The van der Waals surface area contributed by atoms with Crippen LogP contribution in [-0.4, -0.2) is 34.0 Å². The zero-order valence-corrected chi connectivity index (χ0v) is 11.0. The minimum absolute atomic E-state index is 0.440. The summed E-state index contributed by atoms with van der Waals surface area (Å²) in [7, 11) is 0. The maximum absolute atomic E-state index is 11.4. The van der Waals surface area contributed by atoms with Crippen LogP contribution >= 0.6 is 0 Å². The lowest BCUT2D eigenvalue weighted by Gasteiger charge is -2.38. The van der Waals surface area contributed by atoms with Gasteiger partial charge in [0.15, 0.2) is 5.60 Å². The van der Waals surface area contributed by atoms with Crippen LogP contribution in [-0.2, 0) is 9.53 Å². The maximum atomic E-state index is 11.4. The van der Waals surface area contributed by atoms with Crippen molar-refractivity contribution in [1.29, 1.82) is 0 Å².